The van der Waals surface area contributed by atoms with E-state index < -0.39 is 11.6 Å². The summed E-state index contributed by atoms with van der Waals surface area (Å²) in [6, 6.07) is 13.3. The third-order valence-electron chi connectivity index (χ3n) is 3.31. The number of ether oxygens (including phenoxy) is 1. The van der Waals surface area contributed by atoms with Gasteiger partial charge in [0.05, 0.1) is 0 Å². The normalized spacial score (nSPS) is 11.3. The average molecular weight is 321 g/mol. The molecule has 1 aromatic carbocycles. The molecule has 0 atom stereocenters. The molecule has 3 rings (SSSR count). The lowest BCUT2D eigenvalue weighted by Crippen LogP contribution is -2.24. The van der Waals surface area contributed by atoms with Gasteiger partial charge in [0.1, 0.15) is 17.1 Å². The first-order valence-corrected chi connectivity index (χ1v) is 7.73. The van der Waals surface area contributed by atoms with E-state index in [1.165, 1.54) is 0 Å². The van der Waals surface area contributed by atoms with Crippen LogP contribution in [-0.4, -0.2) is 26.5 Å². The van der Waals surface area contributed by atoms with Crippen LogP contribution in [0.1, 0.15) is 31.3 Å². The van der Waals surface area contributed by atoms with Crippen LogP contribution in [-0.2, 0) is 4.74 Å². The first-order valence-electron chi connectivity index (χ1n) is 7.73. The van der Waals surface area contributed by atoms with E-state index in [0.29, 0.717) is 17.2 Å². The molecule has 0 bridgehead atoms. The van der Waals surface area contributed by atoms with Gasteiger partial charge in [0, 0.05) is 23.5 Å². The molecule has 0 saturated heterocycles. The van der Waals surface area contributed by atoms with E-state index in [0.717, 1.165) is 11.1 Å². The van der Waals surface area contributed by atoms with Gasteiger partial charge < -0.3 is 9.72 Å². The van der Waals surface area contributed by atoms with E-state index in [2.05, 4.69) is 15.0 Å². The van der Waals surface area contributed by atoms with Crippen molar-refractivity contribution in [2.45, 2.75) is 26.4 Å². The van der Waals surface area contributed by atoms with Crippen LogP contribution in [0, 0.1) is 0 Å². The van der Waals surface area contributed by atoms with E-state index in [4.69, 9.17) is 4.74 Å². The maximum atomic E-state index is 12.6. The molecular formula is C19H19N3O2. The van der Waals surface area contributed by atoms with Crippen molar-refractivity contribution in [3.05, 3.63) is 60.6 Å². The van der Waals surface area contributed by atoms with E-state index >= 15 is 0 Å². The Labute approximate surface area is 140 Å². The molecule has 2 aromatic heterocycles. The van der Waals surface area contributed by atoms with Crippen molar-refractivity contribution >= 4 is 5.97 Å². The van der Waals surface area contributed by atoms with Gasteiger partial charge in [-0.15, -0.1) is 0 Å². The number of aromatic amines is 1. The summed E-state index contributed by atoms with van der Waals surface area (Å²) < 4.78 is 5.51. The fourth-order valence-electron chi connectivity index (χ4n) is 2.30. The SMILES string of the molecule is CC(C)(C)OC(=O)c1[nH]c(-c2ccccc2)nc1-c1ccncc1. The summed E-state index contributed by atoms with van der Waals surface area (Å²) in [6.45, 7) is 5.52. The molecule has 0 aliphatic rings. The Hall–Kier alpha value is -2.95. The third-order valence-corrected chi connectivity index (χ3v) is 3.31. The summed E-state index contributed by atoms with van der Waals surface area (Å²) >= 11 is 0. The highest BCUT2D eigenvalue weighted by Crippen LogP contribution is 2.27. The minimum atomic E-state index is -0.579. The van der Waals surface area contributed by atoms with E-state index in [-0.39, 0.29) is 0 Å². The summed E-state index contributed by atoms with van der Waals surface area (Å²) in [6.07, 6.45) is 3.34. The molecule has 0 unspecified atom stereocenters. The first-order chi connectivity index (χ1) is 11.4. The number of rotatable bonds is 3. The quantitative estimate of drug-likeness (QED) is 0.738. The standard InChI is InChI=1S/C19H19N3O2/c1-19(2,3)24-18(23)16-15(13-9-11-20-12-10-13)21-17(22-16)14-7-5-4-6-8-14/h4-12H,1-3H3,(H,21,22). The van der Waals surface area contributed by atoms with E-state index in [1.54, 1.807) is 12.4 Å². The summed E-state index contributed by atoms with van der Waals surface area (Å²) in [5, 5.41) is 0. The molecule has 5 nitrogen and oxygen atoms in total. The van der Waals surface area contributed by atoms with Gasteiger partial charge in [-0.05, 0) is 32.9 Å². The summed E-state index contributed by atoms with van der Waals surface area (Å²) in [4.78, 5) is 24.3. The molecule has 0 aliphatic carbocycles. The number of carbonyl (C=O) groups is 1. The largest absolute Gasteiger partial charge is 0.455 e. The molecule has 0 spiro atoms. The molecule has 0 radical (unpaired) electrons. The first kappa shape index (κ1) is 15.9. The number of benzene rings is 1. The highest BCUT2D eigenvalue weighted by atomic mass is 16.6. The van der Waals surface area contributed by atoms with Crippen LogP contribution in [0.15, 0.2) is 54.9 Å². The Morgan fingerprint density at radius 1 is 1.00 bits per heavy atom. The molecule has 2 heterocycles. The smallest absolute Gasteiger partial charge is 0.357 e. The minimum Gasteiger partial charge on any atom is -0.455 e. The van der Waals surface area contributed by atoms with Crippen LogP contribution in [0.2, 0.25) is 0 Å². The number of esters is 1. The molecule has 0 fully saturated rings. The zero-order valence-corrected chi connectivity index (χ0v) is 13.9. The maximum Gasteiger partial charge on any atom is 0.357 e. The average Bonchev–Trinajstić information content (AvgIpc) is 3.00. The van der Waals surface area contributed by atoms with Crippen LogP contribution >= 0.6 is 0 Å². The van der Waals surface area contributed by atoms with Gasteiger partial charge in [-0.1, -0.05) is 30.3 Å². The molecular weight excluding hydrogens is 302 g/mol. The second kappa shape index (κ2) is 6.28. The highest BCUT2D eigenvalue weighted by molar-refractivity contribution is 5.95. The van der Waals surface area contributed by atoms with E-state index in [9.17, 15) is 4.79 Å². The van der Waals surface area contributed by atoms with Crippen molar-refractivity contribution in [2.24, 2.45) is 0 Å². The fourth-order valence-corrected chi connectivity index (χ4v) is 2.30. The van der Waals surface area contributed by atoms with Crippen molar-refractivity contribution < 1.29 is 9.53 Å². The summed E-state index contributed by atoms with van der Waals surface area (Å²) in [5.41, 5.74) is 2.04. The van der Waals surface area contributed by atoms with Gasteiger partial charge in [0.15, 0.2) is 5.69 Å². The van der Waals surface area contributed by atoms with Gasteiger partial charge in [0.2, 0.25) is 0 Å². The number of hydrogen-bond donors (Lipinski definition) is 1. The number of aromatic nitrogens is 3. The molecule has 3 aromatic rings. The monoisotopic (exact) mass is 321 g/mol. The summed E-state index contributed by atoms with van der Waals surface area (Å²) in [7, 11) is 0. The fraction of sp³-hybridized carbons (Fsp3) is 0.211. The Morgan fingerprint density at radius 2 is 1.67 bits per heavy atom. The lowest BCUT2D eigenvalue weighted by molar-refractivity contribution is 0.00645. The van der Waals surface area contributed by atoms with E-state index in [1.807, 2.05) is 63.2 Å². The molecule has 122 valence electrons. The molecule has 24 heavy (non-hydrogen) atoms. The van der Waals surface area contributed by atoms with Crippen LogP contribution in [0.4, 0.5) is 0 Å². The lowest BCUT2D eigenvalue weighted by atomic mass is 10.1. The van der Waals surface area contributed by atoms with Crippen LogP contribution in [0.3, 0.4) is 0 Å². The minimum absolute atomic E-state index is 0.343. The number of imidazole rings is 1. The lowest BCUT2D eigenvalue weighted by Gasteiger charge is -2.19. The Balaban J connectivity index is 2.09. The predicted octanol–water partition coefficient (Wildman–Crippen LogP) is 4.09. The van der Waals surface area contributed by atoms with Gasteiger partial charge in [-0.25, -0.2) is 9.78 Å². The van der Waals surface area contributed by atoms with Crippen molar-refractivity contribution in [3.8, 4) is 22.6 Å². The number of hydrogen-bond acceptors (Lipinski definition) is 4. The number of H-pyrrole nitrogens is 1. The van der Waals surface area contributed by atoms with Gasteiger partial charge >= 0.3 is 5.97 Å². The van der Waals surface area contributed by atoms with Crippen LogP contribution in [0.5, 0.6) is 0 Å². The van der Waals surface area contributed by atoms with Gasteiger partial charge in [-0.3, -0.25) is 4.98 Å². The number of nitrogens with zero attached hydrogens (tertiary/aromatic N) is 2. The molecule has 0 amide bonds. The molecule has 0 saturated carbocycles. The van der Waals surface area contributed by atoms with Crippen molar-refractivity contribution in [1.29, 1.82) is 0 Å². The third kappa shape index (κ3) is 3.51. The van der Waals surface area contributed by atoms with Gasteiger partial charge in [-0.2, -0.15) is 0 Å². The Kier molecular flexibility index (Phi) is 4.16. The second-order valence-corrected chi connectivity index (χ2v) is 6.41. The second-order valence-electron chi connectivity index (χ2n) is 6.41. The van der Waals surface area contributed by atoms with Crippen LogP contribution < -0.4 is 0 Å². The van der Waals surface area contributed by atoms with Crippen molar-refractivity contribution in [1.82, 2.24) is 15.0 Å². The molecule has 1 N–H and O–H groups in total. The zero-order chi connectivity index (χ0) is 17.2. The van der Waals surface area contributed by atoms with Gasteiger partial charge in [0.25, 0.3) is 0 Å². The molecule has 0 aliphatic heterocycles. The molecule has 5 heteroatoms. The highest BCUT2D eigenvalue weighted by Gasteiger charge is 2.24. The summed E-state index contributed by atoms with van der Waals surface area (Å²) in [5.74, 6) is 0.201. The topological polar surface area (TPSA) is 67.9 Å². The predicted molar refractivity (Wildman–Crippen MR) is 92.4 cm³/mol. The maximum absolute atomic E-state index is 12.6. The Bertz CT molecular complexity index is 834. The number of carbonyl (C=O) groups excluding carboxylic acids is 1. The zero-order valence-electron chi connectivity index (χ0n) is 13.9. The van der Waals surface area contributed by atoms with Crippen molar-refractivity contribution in [3.63, 3.8) is 0 Å². The number of pyridine rings is 1. The van der Waals surface area contributed by atoms with Crippen molar-refractivity contribution in [2.75, 3.05) is 0 Å². The van der Waals surface area contributed by atoms with Crippen LogP contribution in [0.25, 0.3) is 22.6 Å². The number of nitrogens with one attached hydrogen (secondary N) is 1. The Morgan fingerprint density at radius 3 is 2.29 bits per heavy atom.